The number of nitrogens with zero attached hydrogens (tertiary/aromatic N) is 1. The van der Waals surface area contributed by atoms with Gasteiger partial charge < -0.3 is 4.90 Å². The van der Waals surface area contributed by atoms with Gasteiger partial charge in [0.2, 0.25) is 5.91 Å². The number of halogens is 2. The molecule has 1 saturated carbocycles. The molecule has 0 spiro atoms. The summed E-state index contributed by atoms with van der Waals surface area (Å²) in [5, 5.41) is 0. The number of benzene rings is 2. The van der Waals surface area contributed by atoms with Crippen LogP contribution < -0.4 is 4.90 Å². The molecule has 0 N–H and O–H groups in total. The summed E-state index contributed by atoms with van der Waals surface area (Å²) in [5.41, 5.74) is 1.50. The molecule has 130 valence electrons. The zero-order chi connectivity index (χ0) is 17.1. The fourth-order valence-corrected chi connectivity index (χ4v) is 3.38. The standard InChI is InChI=1S/C20H20F2NO.Ti/c1-14-7-5-6-10-17(14)20(24)23(16-8-3-2-4-9-16)19-12-11-15(21)13-18(19)22;/h5-7,10-12,16H,2-4,8-9H2,1H3;/q-1;. The van der Waals surface area contributed by atoms with Gasteiger partial charge in [0.05, 0.1) is 0 Å². The number of amides is 1. The van der Waals surface area contributed by atoms with E-state index in [1.807, 2.05) is 19.1 Å². The van der Waals surface area contributed by atoms with Crippen molar-refractivity contribution in [3.8, 4) is 0 Å². The van der Waals surface area contributed by atoms with E-state index in [4.69, 9.17) is 0 Å². The average molecular weight is 376 g/mol. The Morgan fingerprint density at radius 2 is 1.76 bits per heavy atom. The summed E-state index contributed by atoms with van der Waals surface area (Å²) in [6, 6.07) is 11.7. The van der Waals surface area contributed by atoms with Crippen LogP contribution in [0.1, 0.15) is 48.0 Å². The van der Waals surface area contributed by atoms with E-state index in [2.05, 4.69) is 6.07 Å². The van der Waals surface area contributed by atoms with Crippen molar-refractivity contribution in [2.24, 2.45) is 0 Å². The summed E-state index contributed by atoms with van der Waals surface area (Å²) in [6.07, 6.45) is 4.80. The quantitative estimate of drug-likeness (QED) is 0.542. The third-order valence-corrected chi connectivity index (χ3v) is 4.64. The van der Waals surface area contributed by atoms with Crippen LogP contribution in [0.4, 0.5) is 14.5 Å². The van der Waals surface area contributed by atoms with Crippen LogP contribution in [0.15, 0.2) is 36.4 Å². The zero-order valence-electron chi connectivity index (χ0n) is 14.2. The van der Waals surface area contributed by atoms with Crippen molar-refractivity contribution in [1.82, 2.24) is 0 Å². The van der Waals surface area contributed by atoms with Crippen LogP contribution >= 0.6 is 0 Å². The molecule has 25 heavy (non-hydrogen) atoms. The van der Waals surface area contributed by atoms with Crippen LogP contribution in [0.5, 0.6) is 0 Å². The molecule has 0 saturated heterocycles. The minimum Gasteiger partial charge on any atom is -0.357 e. The Balaban J connectivity index is 0.00000225. The predicted octanol–water partition coefficient (Wildman–Crippen LogP) is 5.05. The van der Waals surface area contributed by atoms with Crippen LogP contribution in [0.3, 0.4) is 0 Å². The number of rotatable bonds is 3. The molecule has 0 aliphatic heterocycles. The van der Waals surface area contributed by atoms with Crippen LogP contribution in [0, 0.1) is 24.6 Å². The Morgan fingerprint density at radius 3 is 2.40 bits per heavy atom. The Kier molecular flexibility index (Phi) is 6.91. The monoisotopic (exact) mass is 376 g/mol. The summed E-state index contributed by atoms with van der Waals surface area (Å²) in [5.74, 6) is -1.82. The molecule has 3 rings (SSSR count). The molecule has 1 aliphatic rings. The molecule has 0 heterocycles. The van der Waals surface area contributed by atoms with Gasteiger partial charge in [-0.1, -0.05) is 37.5 Å². The minimum atomic E-state index is -0.817. The molecule has 2 aromatic rings. The van der Waals surface area contributed by atoms with Gasteiger partial charge in [-0.25, -0.2) is 8.78 Å². The van der Waals surface area contributed by atoms with Gasteiger partial charge >= 0.3 is 0 Å². The van der Waals surface area contributed by atoms with E-state index in [9.17, 15) is 13.6 Å². The molecule has 0 radical (unpaired) electrons. The van der Waals surface area contributed by atoms with E-state index in [1.165, 1.54) is 11.0 Å². The molecular weight excluding hydrogens is 356 g/mol. The van der Waals surface area contributed by atoms with Crippen molar-refractivity contribution < 1.29 is 35.3 Å². The smallest absolute Gasteiger partial charge is 0.247 e. The maximum absolute atomic E-state index is 14.3. The van der Waals surface area contributed by atoms with E-state index < -0.39 is 11.6 Å². The number of aryl methyl sites for hydroxylation is 1. The Labute approximate surface area is 162 Å². The number of carbonyl (C=O) groups excluding carboxylic acids is 1. The van der Waals surface area contributed by atoms with Gasteiger partial charge in [0, 0.05) is 45.0 Å². The Hall–Kier alpha value is -1.52. The van der Waals surface area contributed by atoms with E-state index in [1.54, 1.807) is 12.1 Å². The normalized spacial score (nSPS) is 14.7. The first-order chi connectivity index (χ1) is 11.6. The van der Waals surface area contributed by atoms with Crippen molar-refractivity contribution in [2.75, 3.05) is 4.90 Å². The van der Waals surface area contributed by atoms with Gasteiger partial charge in [0.1, 0.15) is 0 Å². The summed E-state index contributed by atoms with van der Waals surface area (Å²) >= 11 is 0. The topological polar surface area (TPSA) is 20.3 Å². The molecule has 2 nitrogen and oxygen atoms in total. The average Bonchev–Trinajstić information content (AvgIpc) is 2.58. The van der Waals surface area contributed by atoms with Crippen LogP contribution in [-0.2, 0) is 21.7 Å². The van der Waals surface area contributed by atoms with Crippen molar-refractivity contribution in [1.29, 1.82) is 0 Å². The SMILES string of the molecule is Cc1ccccc1C(=O)N(c1ccc(F)[c-]c1F)C1CCCCC1.[Ti]. The van der Waals surface area contributed by atoms with Gasteiger partial charge in [0.15, 0.2) is 0 Å². The maximum Gasteiger partial charge on any atom is 0.247 e. The van der Waals surface area contributed by atoms with Crippen LogP contribution in [0.2, 0.25) is 0 Å². The van der Waals surface area contributed by atoms with Crippen LogP contribution in [-0.4, -0.2) is 11.9 Å². The maximum atomic E-state index is 14.3. The first-order valence-corrected chi connectivity index (χ1v) is 8.34. The molecule has 2 aromatic carbocycles. The fraction of sp³-hybridized carbons (Fsp3) is 0.350. The number of carbonyl (C=O) groups is 1. The molecule has 0 atom stereocenters. The van der Waals surface area contributed by atoms with Gasteiger partial charge in [0.25, 0.3) is 0 Å². The summed E-state index contributed by atoms with van der Waals surface area (Å²) in [6.45, 7) is 1.86. The van der Waals surface area contributed by atoms with Gasteiger partial charge in [-0.2, -0.15) is 0 Å². The molecule has 1 fully saturated rings. The fourth-order valence-electron chi connectivity index (χ4n) is 3.38. The van der Waals surface area contributed by atoms with Crippen molar-refractivity contribution >= 4 is 11.6 Å². The minimum absolute atomic E-state index is 0. The second-order valence-electron chi connectivity index (χ2n) is 6.29. The Morgan fingerprint density at radius 1 is 1.08 bits per heavy atom. The van der Waals surface area contributed by atoms with E-state index in [-0.39, 0.29) is 39.4 Å². The molecule has 5 heteroatoms. The molecule has 0 aromatic heterocycles. The van der Waals surface area contributed by atoms with E-state index in [0.717, 1.165) is 43.7 Å². The van der Waals surface area contributed by atoms with Gasteiger partial charge in [-0.3, -0.25) is 4.79 Å². The molecule has 0 bridgehead atoms. The van der Waals surface area contributed by atoms with E-state index >= 15 is 0 Å². The second-order valence-corrected chi connectivity index (χ2v) is 6.29. The van der Waals surface area contributed by atoms with Gasteiger partial charge in [-0.15, -0.1) is 18.2 Å². The van der Waals surface area contributed by atoms with E-state index in [0.29, 0.717) is 5.56 Å². The molecular formula is C20H20F2NOTi-. The molecule has 0 unspecified atom stereocenters. The third-order valence-electron chi connectivity index (χ3n) is 4.64. The molecule has 1 amide bonds. The van der Waals surface area contributed by atoms with Crippen LogP contribution in [0.25, 0.3) is 0 Å². The zero-order valence-corrected chi connectivity index (χ0v) is 15.7. The first kappa shape index (κ1) is 19.8. The predicted molar refractivity (Wildman–Crippen MR) is 90.1 cm³/mol. The Bertz CT molecular complexity index is 744. The van der Waals surface area contributed by atoms with Crippen molar-refractivity contribution in [3.63, 3.8) is 0 Å². The largest absolute Gasteiger partial charge is 0.357 e. The third kappa shape index (κ3) is 4.37. The molecule has 1 aliphatic carbocycles. The summed E-state index contributed by atoms with van der Waals surface area (Å²) in [4.78, 5) is 14.7. The van der Waals surface area contributed by atoms with Gasteiger partial charge in [-0.05, 0) is 37.1 Å². The van der Waals surface area contributed by atoms with Crippen molar-refractivity contribution in [3.05, 3.63) is 65.2 Å². The first-order valence-electron chi connectivity index (χ1n) is 8.34. The number of hydrogen-bond acceptors (Lipinski definition) is 1. The number of anilines is 1. The summed E-state index contributed by atoms with van der Waals surface area (Å²) < 4.78 is 27.6. The number of hydrogen-bond donors (Lipinski definition) is 0. The summed E-state index contributed by atoms with van der Waals surface area (Å²) in [7, 11) is 0. The second kappa shape index (κ2) is 8.73. The van der Waals surface area contributed by atoms with Crippen molar-refractivity contribution in [2.45, 2.75) is 45.1 Å².